The molecule has 11 heteroatoms. The van der Waals surface area contributed by atoms with E-state index >= 15 is 17.6 Å². The molecule has 37 heavy (non-hydrogen) atoms. The molecule has 1 N–H and O–H groups in total. The Morgan fingerprint density at radius 2 is 1.30 bits per heavy atom. The highest BCUT2D eigenvalue weighted by atomic mass is 32.2. The average molecular weight is 571 g/mol. The number of hydrogen-bond donors (Lipinski definition) is 1. The molecule has 1 aromatic heterocycles. The summed E-state index contributed by atoms with van der Waals surface area (Å²) in [4.78, 5) is 12.7. The molecule has 1 fully saturated rings. The number of hydrogen-bond acceptors (Lipinski definition) is 4. The van der Waals surface area contributed by atoms with Gasteiger partial charge in [-0.2, -0.15) is 26.3 Å². The molecule has 0 saturated heterocycles. The normalized spacial score (nSPS) is 30.6. The summed E-state index contributed by atoms with van der Waals surface area (Å²) >= 11 is 2.49. The third kappa shape index (κ3) is 2.90. The largest absolute Gasteiger partial charge is 0.477 e. The van der Waals surface area contributed by atoms with Crippen LogP contribution in [-0.2, 0) is 4.79 Å². The molecule has 6 rings (SSSR count). The second kappa shape index (κ2) is 7.39. The second-order valence-corrected chi connectivity index (χ2v) is 12.8. The highest BCUT2D eigenvalue weighted by Gasteiger charge is 2.84. The van der Waals surface area contributed by atoms with Crippen molar-refractivity contribution in [2.24, 2.45) is 10.8 Å². The Morgan fingerprint density at radius 3 is 1.89 bits per heavy atom. The van der Waals surface area contributed by atoms with Gasteiger partial charge in [-0.3, -0.25) is 0 Å². The highest BCUT2D eigenvalue weighted by molar-refractivity contribution is 8.12. The number of rotatable bonds is 3. The zero-order valence-corrected chi connectivity index (χ0v) is 21.5. The van der Waals surface area contributed by atoms with Gasteiger partial charge in [0.25, 0.3) is 0 Å². The number of allylic oxidation sites excluding steroid dienone is 6. The zero-order chi connectivity index (χ0) is 26.8. The minimum Gasteiger partial charge on any atom is -0.477 e. The first-order chi connectivity index (χ1) is 17.2. The van der Waals surface area contributed by atoms with Crippen molar-refractivity contribution in [3.8, 4) is 10.4 Å². The molecule has 2 aliphatic heterocycles. The van der Waals surface area contributed by atoms with Crippen LogP contribution >= 0.6 is 34.9 Å². The van der Waals surface area contributed by atoms with Gasteiger partial charge in [-0.15, -0.1) is 11.3 Å². The molecule has 1 saturated carbocycles. The van der Waals surface area contributed by atoms with Gasteiger partial charge in [0.05, 0.1) is 4.91 Å². The highest BCUT2D eigenvalue weighted by Crippen LogP contribution is 2.77. The van der Waals surface area contributed by atoms with E-state index in [0.29, 0.717) is 21.5 Å². The van der Waals surface area contributed by atoms with Gasteiger partial charge in [-0.05, 0) is 17.7 Å². The number of benzene rings is 1. The molecule has 2 aliphatic carbocycles. The maximum Gasteiger partial charge on any atom is 0.380 e. The van der Waals surface area contributed by atoms with Gasteiger partial charge in [-0.1, -0.05) is 79.9 Å². The van der Waals surface area contributed by atoms with Gasteiger partial charge in [0, 0.05) is 46.4 Å². The van der Waals surface area contributed by atoms with Crippen molar-refractivity contribution in [3.63, 3.8) is 0 Å². The van der Waals surface area contributed by atoms with Gasteiger partial charge >= 0.3 is 23.7 Å². The number of thiophene rings is 1. The lowest BCUT2D eigenvalue weighted by Crippen LogP contribution is -2.47. The Labute approximate surface area is 219 Å². The number of carbonyl (C=O) groups is 1. The number of aliphatic carboxylic acids is 1. The summed E-state index contributed by atoms with van der Waals surface area (Å²) in [6.07, 6.45) is 2.86. The number of fused-ring (bicyclic) bond motifs is 4. The number of alkyl halides is 6. The maximum atomic E-state index is 15.3. The van der Waals surface area contributed by atoms with Crippen LogP contribution in [0.15, 0.2) is 80.5 Å². The standard InChI is InChI=1S/C26H16F6O2S3/c1-22-10-15(14-9-8-13(35-14)12-6-4-3-5-7-12)36-19(22)17-18(25(29,30)26(31,32)24(17,27)28)20-23(22,2)11-16(37-20)21(33)34/h3-11H,1-2H3,(H,33,34)/t22-,23-/m1/s1. The molecule has 192 valence electrons. The van der Waals surface area contributed by atoms with Gasteiger partial charge in [0.1, 0.15) is 0 Å². The molecule has 2 atom stereocenters. The van der Waals surface area contributed by atoms with Crippen molar-refractivity contribution in [2.75, 3.05) is 0 Å². The van der Waals surface area contributed by atoms with Crippen LogP contribution in [0.4, 0.5) is 26.3 Å². The Balaban J connectivity index is 1.59. The van der Waals surface area contributed by atoms with Crippen molar-refractivity contribution < 1.29 is 36.2 Å². The molecular weight excluding hydrogens is 554 g/mol. The average Bonchev–Trinajstić information content (AvgIpc) is 3.55. The first kappa shape index (κ1) is 24.9. The van der Waals surface area contributed by atoms with E-state index in [1.807, 2.05) is 36.4 Å². The predicted molar refractivity (Wildman–Crippen MR) is 134 cm³/mol. The molecule has 0 bridgehead atoms. The predicted octanol–water partition coefficient (Wildman–Crippen LogP) is 8.67. The van der Waals surface area contributed by atoms with E-state index in [0.717, 1.165) is 22.2 Å². The topological polar surface area (TPSA) is 37.3 Å². The van der Waals surface area contributed by atoms with Crippen LogP contribution in [0.25, 0.3) is 15.3 Å². The first-order valence-corrected chi connectivity index (χ1v) is 13.5. The summed E-state index contributed by atoms with van der Waals surface area (Å²) < 4.78 is 90.2. The van der Waals surface area contributed by atoms with Crippen LogP contribution in [0.5, 0.6) is 0 Å². The molecule has 0 spiro atoms. The summed E-state index contributed by atoms with van der Waals surface area (Å²) in [5.74, 6) is -17.4. The number of halogens is 6. The van der Waals surface area contributed by atoms with Crippen LogP contribution in [0, 0.1) is 10.8 Å². The van der Waals surface area contributed by atoms with Crippen molar-refractivity contribution in [1.82, 2.24) is 0 Å². The third-order valence-electron chi connectivity index (χ3n) is 7.52. The lowest BCUT2D eigenvalue weighted by molar-refractivity contribution is -0.258. The quantitative estimate of drug-likeness (QED) is 0.375. The smallest absolute Gasteiger partial charge is 0.380 e. The monoisotopic (exact) mass is 570 g/mol. The van der Waals surface area contributed by atoms with E-state index in [9.17, 15) is 18.7 Å². The molecular formula is C26H16F6O2S3. The molecule has 0 unspecified atom stereocenters. The number of carboxylic acids is 1. The van der Waals surface area contributed by atoms with Crippen molar-refractivity contribution >= 4 is 45.7 Å². The van der Waals surface area contributed by atoms with Gasteiger partial charge in [0.15, 0.2) is 0 Å². The molecule has 2 aromatic rings. The van der Waals surface area contributed by atoms with E-state index in [-0.39, 0.29) is 9.81 Å². The van der Waals surface area contributed by atoms with E-state index in [1.165, 1.54) is 31.3 Å². The Hall–Kier alpha value is -2.37. The summed E-state index contributed by atoms with van der Waals surface area (Å²) in [5.41, 5.74) is -4.92. The van der Waals surface area contributed by atoms with Gasteiger partial charge in [0.2, 0.25) is 0 Å². The summed E-state index contributed by atoms with van der Waals surface area (Å²) in [7, 11) is 0. The van der Waals surface area contributed by atoms with Crippen molar-refractivity contribution in [3.05, 3.63) is 85.4 Å². The molecule has 3 heterocycles. The minimum absolute atomic E-state index is 0.302. The fraction of sp³-hybridized carbons (Fsp3) is 0.269. The first-order valence-electron chi connectivity index (χ1n) is 11.0. The van der Waals surface area contributed by atoms with E-state index in [4.69, 9.17) is 0 Å². The van der Waals surface area contributed by atoms with Crippen LogP contribution in [0.2, 0.25) is 0 Å². The summed E-state index contributed by atoms with van der Waals surface area (Å²) in [6, 6.07) is 13.0. The fourth-order valence-corrected chi connectivity index (χ4v) is 9.42. The summed E-state index contributed by atoms with van der Waals surface area (Å²) in [5, 5.41) is 9.59. The lowest BCUT2D eigenvalue weighted by Gasteiger charge is -2.45. The molecule has 2 nitrogen and oxygen atoms in total. The Morgan fingerprint density at radius 1 is 0.757 bits per heavy atom. The van der Waals surface area contributed by atoms with Crippen molar-refractivity contribution in [2.45, 2.75) is 31.6 Å². The lowest BCUT2D eigenvalue weighted by atomic mass is 9.60. The van der Waals surface area contributed by atoms with E-state index in [2.05, 4.69) is 0 Å². The van der Waals surface area contributed by atoms with Gasteiger partial charge in [-0.25, -0.2) is 4.79 Å². The van der Waals surface area contributed by atoms with Crippen LogP contribution in [0.3, 0.4) is 0 Å². The van der Waals surface area contributed by atoms with Gasteiger partial charge < -0.3 is 5.11 Å². The second-order valence-electron chi connectivity index (χ2n) is 9.59. The number of carboxylic acid groups (broad SMARTS) is 1. The Bertz CT molecular complexity index is 1520. The van der Waals surface area contributed by atoms with Crippen LogP contribution in [-0.4, -0.2) is 28.8 Å². The third-order valence-corrected chi connectivity index (χ3v) is 11.6. The number of thioether (sulfide) groups is 2. The summed E-state index contributed by atoms with van der Waals surface area (Å²) in [6.45, 7) is 2.97. The SMILES string of the molecule is C[C@@]12C=C(C(=O)O)SC1=C1C(=C3SC(c4ccc(-c5ccccc5)s4)=C[C@]32C)C(F)(F)C(F)(F)C1(F)F. The molecule has 4 aliphatic rings. The van der Waals surface area contributed by atoms with Crippen molar-refractivity contribution in [1.29, 1.82) is 0 Å². The minimum atomic E-state index is -5.67. The fourth-order valence-electron chi connectivity index (χ4n) is 5.33. The van der Waals surface area contributed by atoms with Crippen LogP contribution in [0.1, 0.15) is 18.7 Å². The van der Waals surface area contributed by atoms with Crippen LogP contribution < -0.4 is 0 Å². The zero-order valence-electron chi connectivity index (χ0n) is 19.0. The van der Waals surface area contributed by atoms with E-state index < -0.39 is 50.6 Å². The Kier molecular flexibility index (Phi) is 4.98. The van der Waals surface area contributed by atoms with E-state index in [1.54, 1.807) is 12.1 Å². The molecule has 1 aromatic carbocycles. The maximum absolute atomic E-state index is 15.3. The molecule has 0 radical (unpaired) electrons. The molecule has 0 amide bonds.